The minimum absolute atomic E-state index is 0.0201. The molecule has 0 aromatic heterocycles. The second kappa shape index (κ2) is 7.15. The van der Waals surface area contributed by atoms with E-state index >= 15 is 0 Å². The van der Waals surface area contributed by atoms with Crippen LogP contribution in [-0.2, 0) is 14.9 Å². The van der Waals surface area contributed by atoms with Crippen molar-refractivity contribution in [2.24, 2.45) is 0 Å². The molecule has 3 amide bonds. The van der Waals surface area contributed by atoms with Crippen molar-refractivity contribution in [3.8, 4) is 0 Å². The summed E-state index contributed by atoms with van der Waals surface area (Å²) in [6.45, 7) is 4.15. The average Bonchev–Trinajstić information content (AvgIpc) is 3.02. The maximum Gasteiger partial charge on any atom is 0.319 e. The summed E-state index contributed by atoms with van der Waals surface area (Å²) in [4.78, 5) is 31.1. The second-order valence-electron chi connectivity index (χ2n) is 8.23. The summed E-state index contributed by atoms with van der Waals surface area (Å²) in [6, 6.07) is 8.54. The number of piperidine rings is 1. The smallest absolute Gasteiger partial charge is 0.319 e. The van der Waals surface area contributed by atoms with Gasteiger partial charge >= 0.3 is 6.03 Å². The van der Waals surface area contributed by atoms with Gasteiger partial charge in [0.15, 0.2) is 0 Å². The van der Waals surface area contributed by atoms with Gasteiger partial charge in [-0.3, -0.25) is 4.79 Å². The predicted molar refractivity (Wildman–Crippen MR) is 103 cm³/mol. The molecule has 4 rings (SSSR count). The lowest BCUT2D eigenvalue weighted by atomic mass is 9.73. The summed E-state index contributed by atoms with van der Waals surface area (Å²) >= 11 is 0. The summed E-state index contributed by atoms with van der Waals surface area (Å²) in [7, 11) is 3.60. The van der Waals surface area contributed by atoms with E-state index in [-0.39, 0.29) is 23.3 Å². The number of carbonyl (C=O) groups excluding carboxylic acids is 2. The number of amides is 3. The maximum absolute atomic E-state index is 13.3. The van der Waals surface area contributed by atoms with Crippen LogP contribution in [0.25, 0.3) is 0 Å². The molecule has 2 aliphatic heterocycles. The fourth-order valence-corrected chi connectivity index (χ4v) is 5.00. The molecule has 1 aromatic rings. The van der Waals surface area contributed by atoms with Gasteiger partial charge in [0, 0.05) is 45.7 Å². The van der Waals surface area contributed by atoms with Gasteiger partial charge in [0.1, 0.15) is 0 Å². The minimum Gasteiger partial charge on any atom is -0.378 e. The van der Waals surface area contributed by atoms with Crippen LogP contribution in [0.1, 0.15) is 36.3 Å². The molecule has 1 aliphatic carbocycles. The monoisotopic (exact) mass is 371 g/mol. The number of rotatable bonds is 1. The lowest BCUT2D eigenvalue weighted by molar-refractivity contribution is -0.137. The highest BCUT2D eigenvalue weighted by molar-refractivity contribution is 5.86. The van der Waals surface area contributed by atoms with Crippen molar-refractivity contribution in [1.29, 1.82) is 0 Å². The maximum atomic E-state index is 13.3. The molecule has 27 heavy (non-hydrogen) atoms. The van der Waals surface area contributed by atoms with Crippen molar-refractivity contribution in [3.05, 3.63) is 35.4 Å². The Balaban J connectivity index is 1.56. The largest absolute Gasteiger partial charge is 0.378 e. The highest BCUT2D eigenvalue weighted by Crippen LogP contribution is 2.52. The van der Waals surface area contributed by atoms with Crippen LogP contribution in [0.2, 0.25) is 0 Å². The van der Waals surface area contributed by atoms with Gasteiger partial charge in [-0.05, 0) is 30.4 Å². The molecule has 0 N–H and O–H groups in total. The van der Waals surface area contributed by atoms with E-state index in [2.05, 4.69) is 18.2 Å². The van der Waals surface area contributed by atoms with Crippen molar-refractivity contribution < 1.29 is 14.3 Å². The Morgan fingerprint density at radius 2 is 1.70 bits per heavy atom. The van der Waals surface area contributed by atoms with Crippen molar-refractivity contribution in [2.75, 3.05) is 53.5 Å². The molecule has 1 spiro atoms. The van der Waals surface area contributed by atoms with Crippen LogP contribution in [0.15, 0.2) is 24.3 Å². The molecule has 0 unspecified atom stereocenters. The van der Waals surface area contributed by atoms with Crippen LogP contribution >= 0.6 is 0 Å². The summed E-state index contributed by atoms with van der Waals surface area (Å²) in [6.07, 6.45) is 2.72. The van der Waals surface area contributed by atoms with E-state index in [0.717, 1.165) is 32.4 Å². The molecule has 0 bridgehead atoms. The molecule has 1 aromatic carbocycles. The van der Waals surface area contributed by atoms with E-state index in [1.165, 1.54) is 11.1 Å². The minimum atomic E-state index is -0.0598. The number of nitrogens with zero attached hydrogens (tertiary/aromatic N) is 3. The van der Waals surface area contributed by atoms with E-state index in [4.69, 9.17) is 4.74 Å². The third-order valence-corrected chi connectivity index (χ3v) is 6.50. The van der Waals surface area contributed by atoms with Gasteiger partial charge in [-0.15, -0.1) is 0 Å². The normalized spacial score (nSPS) is 24.0. The average molecular weight is 371 g/mol. The van der Waals surface area contributed by atoms with E-state index in [1.54, 1.807) is 19.0 Å². The first-order valence-corrected chi connectivity index (χ1v) is 9.94. The molecule has 2 heterocycles. The Hall–Kier alpha value is -2.08. The SMILES string of the molecule is CN(C)C(=O)N1CCC2(CC1)C[C@H](C(=O)N1CCOCC1)c1ccccc12. The summed E-state index contributed by atoms with van der Waals surface area (Å²) in [5.74, 6) is 0.185. The first-order chi connectivity index (χ1) is 13.0. The number of hydrogen-bond acceptors (Lipinski definition) is 3. The number of morpholine rings is 1. The number of urea groups is 1. The van der Waals surface area contributed by atoms with Crippen LogP contribution in [-0.4, -0.2) is 80.1 Å². The van der Waals surface area contributed by atoms with Gasteiger partial charge in [-0.25, -0.2) is 4.79 Å². The first kappa shape index (κ1) is 18.3. The van der Waals surface area contributed by atoms with Gasteiger partial charge in [-0.2, -0.15) is 0 Å². The molecule has 146 valence electrons. The second-order valence-corrected chi connectivity index (χ2v) is 8.23. The quantitative estimate of drug-likeness (QED) is 0.759. The number of hydrogen-bond donors (Lipinski definition) is 0. The van der Waals surface area contributed by atoms with Crippen molar-refractivity contribution in [1.82, 2.24) is 14.7 Å². The zero-order valence-corrected chi connectivity index (χ0v) is 16.3. The number of likely N-dealkylation sites (tertiary alicyclic amines) is 1. The fourth-order valence-electron chi connectivity index (χ4n) is 5.00. The molecule has 1 atom stereocenters. The topological polar surface area (TPSA) is 53.1 Å². The number of ether oxygens (including phenoxy) is 1. The number of fused-ring (bicyclic) bond motifs is 2. The van der Waals surface area contributed by atoms with E-state index in [9.17, 15) is 9.59 Å². The van der Waals surface area contributed by atoms with E-state index in [0.29, 0.717) is 26.3 Å². The van der Waals surface area contributed by atoms with Crippen LogP contribution in [0.5, 0.6) is 0 Å². The molecular formula is C21H29N3O3. The Kier molecular flexibility index (Phi) is 4.84. The lowest BCUT2D eigenvalue weighted by Crippen LogP contribution is -2.48. The van der Waals surface area contributed by atoms with Crippen molar-refractivity contribution in [2.45, 2.75) is 30.6 Å². The fraction of sp³-hybridized carbons (Fsp3) is 0.619. The van der Waals surface area contributed by atoms with Crippen molar-refractivity contribution >= 4 is 11.9 Å². The molecular weight excluding hydrogens is 342 g/mol. The summed E-state index contributed by atoms with van der Waals surface area (Å²) in [5, 5.41) is 0. The highest BCUT2D eigenvalue weighted by Gasteiger charge is 2.48. The van der Waals surface area contributed by atoms with Gasteiger partial charge in [0.2, 0.25) is 5.91 Å². The highest BCUT2D eigenvalue weighted by atomic mass is 16.5. The van der Waals surface area contributed by atoms with Crippen molar-refractivity contribution in [3.63, 3.8) is 0 Å². The number of carbonyl (C=O) groups is 2. The Morgan fingerprint density at radius 3 is 2.37 bits per heavy atom. The van der Waals surface area contributed by atoms with E-state index in [1.807, 2.05) is 15.9 Å². The lowest BCUT2D eigenvalue weighted by Gasteiger charge is -2.41. The predicted octanol–water partition coefficient (Wildman–Crippen LogP) is 2.05. The summed E-state index contributed by atoms with van der Waals surface area (Å²) in [5.41, 5.74) is 2.54. The van der Waals surface area contributed by atoms with Gasteiger partial charge < -0.3 is 19.4 Å². The Bertz CT molecular complexity index is 719. The molecule has 0 radical (unpaired) electrons. The molecule has 2 fully saturated rings. The molecule has 3 aliphatic rings. The summed E-state index contributed by atoms with van der Waals surface area (Å²) < 4.78 is 5.41. The zero-order valence-electron chi connectivity index (χ0n) is 16.3. The van der Waals surface area contributed by atoms with Gasteiger partial charge in [0.25, 0.3) is 0 Å². The standard InChI is InChI=1S/C21H29N3O3/c1-22(2)20(26)24-9-7-21(8-10-24)15-17(16-5-3-4-6-18(16)21)19(25)23-11-13-27-14-12-23/h3-6,17H,7-15H2,1-2H3/t17-/m0/s1. The van der Waals surface area contributed by atoms with Gasteiger partial charge in [-0.1, -0.05) is 24.3 Å². The van der Waals surface area contributed by atoms with Crippen LogP contribution in [0, 0.1) is 0 Å². The Morgan fingerprint density at radius 1 is 1.04 bits per heavy atom. The third kappa shape index (κ3) is 3.20. The third-order valence-electron chi connectivity index (χ3n) is 6.50. The molecule has 0 saturated carbocycles. The Labute approximate surface area is 161 Å². The van der Waals surface area contributed by atoms with E-state index < -0.39 is 0 Å². The number of benzene rings is 1. The van der Waals surface area contributed by atoms with Gasteiger partial charge in [0.05, 0.1) is 19.1 Å². The van der Waals surface area contributed by atoms with Crippen LogP contribution in [0.3, 0.4) is 0 Å². The van der Waals surface area contributed by atoms with Crippen LogP contribution in [0.4, 0.5) is 4.79 Å². The van der Waals surface area contributed by atoms with Crippen LogP contribution < -0.4 is 0 Å². The molecule has 6 nitrogen and oxygen atoms in total. The first-order valence-electron chi connectivity index (χ1n) is 9.94. The zero-order chi connectivity index (χ0) is 19.0. The molecule has 6 heteroatoms. The molecule has 2 saturated heterocycles.